The Morgan fingerprint density at radius 1 is 1.11 bits per heavy atom. The highest BCUT2D eigenvalue weighted by atomic mass is 35.5. The fraction of sp³-hybridized carbons (Fsp3) is 0.100. The number of nitrogens with one attached hydrogen (secondary N) is 1. The molecule has 0 radical (unpaired) electrons. The Bertz CT molecular complexity index is 1040. The van der Waals surface area contributed by atoms with Crippen LogP contribution in [0.25, 0.3) is 10.4 Å². The van der Waals surface area contributed by atoms with Crippen molar-refractivity contribution >= 4 is 52.5 Å². The quantitative estimate of drug-likeness (QED) is 0.672. The molecular weight excluding hydrogens is 403 g/mol. The molecule has 0 fully saturated rings. The minimum absolute atomic E-state index is 0.00391. The van der Waals surface area contributed by atoms with Crippen molar-refractivity contribution in [3.63, 3.8) is 0 Å². The van der Waals surface area contributed by atoms with Crippen LogP contribution in [0.1, 0.15) is 15.2 Å². The summed E-state index contributed by atoms with van der Waals surface area (Å²) in [5, 5.41) is 1.12. The lowest BCUT2D eigenvalue weighted by Gasteiger charge is -2.15. The van der Waals surface area contributed by atoms with Gasteiger partial charge in [0, 0.05) is 15.5 Å². The Balaban J connectivity index is 1.59. The van der Waals surface area contributed by atoms with Crippen LogP contribution in [-0.2, 0) is 6.54 Å². The molecule has 1 N–H and O–H groups in total. The summed E-state index contributed by atoms with van der Waals surface area (Å²) in [4.78, 5) is 19.7. The van der Waals surface area contributed by atoms with Crippen LogP contribution in [0.5, 0.6) is 5.75 Å². The maximum atomic E-state index is 12.9. The third-order valence-corrected chi connectivity index (χ3v) is 6.10. The molecule has 1 amide bonds. The molecule has 1 unspecified atom stereocenters. The lowest BCUT2D eigenvalue weighted by atomic mass is 10.1. The zero-order valence-corrected chi connectivity index (χ0v) is 16.7. The lowest BCUT2D eigenvalue weighted by molar-refractivity contribution is -0.721. The summed E-state index contributed by atoms with van der Waals surface area (Å²) in [6, 6.07) is 15.0. The van der Waals surface area contributed by atoms with E-state index in [0.29, 0.717) is 32.1 Å². The van der Waals surface area contributed by atoms with Crippen LogP contribution in [0.2, 0.25) is 10.0 Å². The molecule has 1 atom stereocenters. The molecule has 4 nitrogen and oxygen atoms in total. The number of fused-ring (bicyclic) bond motifs is 1. The number of hydrogen-bond acceptors (Lipinski definition) is 4. The summed E-state index contributed by atoms with van der Waals surface area (Å²) < 4.78 is 5.19. The SMILES string of the molecule is COc1ccc(-c2cc3c(s2)C(=O)[NH+](Cc2ccc(Cl)cc2Cl)C=N3)cc1. The van der Waals surface area contributed by atoms with Gasteiger partial charge in [0.15, 0.2) is 11.2 Å². The first-order valence-electron chi connectivity index (χ1n) is 8.22. The van der Waals surface area contributed by atoms with Gasteiger partial charge in [0.2, 0.25) is 0 Å². The van der Waals surface area contributed by atoms with E-state index in [1.54, 1.807) is 25.6 Å². The van der Waals surface area contributed by atoms with Gasteiger partial charge in [0.05, 0.1) is 17.8 Å². The third-order valence-electron chi connectivity index (χ3n) is 4.34. The van der Waals surface area contributed by atoms with Gasteiger partial charge in [0.25, 0.3) is 0 Å². The summed E-state index contributed by atoms with van der Waals surface area (Å²) in [7, 11) is 1.64. The average molecular weight is 418 g/mol. The van der Waals surface area contributed by atoms with Gasteiger partial charge in [-0.1, -0.05) is 29.3 Å². The zero-order valence-electron chi connectivity index (χ0n) is 14.3. The first-order valence-corrected chi connectivity index (χ1v) is 9.79. The Hall–Kier alpha value is -2.18. The summed E-state index contributed by atoms with van der Waals surface area (Å²) in [6.45, 7) is 0.424. The average Bonchev–Trinajstić information content (AvgIpc) is 3.11. The molecule has 4 rings (SSSR count). The van der Waals surface area contributed by atoms with Crippen LogP contribution in [0.15, 0.2) is 53.5 Å². The van der Waals surface area contributed by atoms with E-state index in [1.807, 2.05) is 36.4 Å². The second-order valence-corrected chi connectivity index (χ2v) is 7.97. The van der Waals surface area contributed by atoms with Crippen molar-refractivity contribution in [2.24, 2.45) is 4.99 Å². The normalized spacial score (nSPS) is 15.7. The van der Waals surface area contributed by atoms with Crippen molar-refractivity contribution in [2.75, 3.05) is 7.11 Å². The highest BCUT2D eigenvalue weighted by molar-refractivity contribution is 7.18. The highest BCUT2D eigenvalue weighted by Gasteiger charge is 2.30. The molecule has 0 bridgehead atoms. The Morgan fingerprint density at radius 2 is 1.89 bits per heavy atom. The predicted octanol–water partition coefficient (Wildman–Crippen LogP) is 4.63. The smallest absolute Gasteiger partial charge is 0.362 e. The van der Waals surface area contributed by atoms with E-state index in [-0.39, 0.29) is 5.91 Å². The fourth-order valence-corrected chi connectivity index (χ4v) is 4.45. The number of aliphatic imine (C=N–C) groups is 1. The van der Waals surface area contributed by atoms with Crippen molar-refractivity contribution < 1.29 is 14.4 Å². The zero-order chi connectivity index (χ0) is 19.0. The number of methoxy groups -OCH3 is 1. The molecule has 3 aromatic rings. The predicted molar refractivity (Wildman–Crippen MR) is 110 cm³/mol. The van der Waals surface area contributed by atoms with Gasteiger partial charge in [0.1, 0.15) is 12.3 Å². The summed E-state index contributed by atoms with van der Waals surface area (Å²) in [6.07, 6.45) is 1.64. The van der Waals surface area contributed by atoms with Gasteiger partial charge in [-0.25, -0.2) is 14.7 Å². The maximum absolute atomic E-state index is 12.9. The number of ether oxygens (including phenoxy) is 1. The van der Waals surface area contributed by atoms with Crippen LogP contribution < -0.4 is 9.64 Å². The molecule has 7 heteroatoms. The second kappa shape index (κ2) is 7.44. The largest absolute Gasteiger partial charge is 0.497 e. The van der Waals surface area contributed by atoms with E-state index in [9.17, 15) is 4.79 Å². The number of amides is 1. The van der Waals surface area contributed by atoms with Crippen molar-refractivity contribution in [3.8, 4) is 16.2 Å². The van der Waals surface area contributed by atoms with Gasteiger partial charge in [-0.05, 0) is 48.0 Å². The fourth-order valence-electron chi connectivity index (χ4n) is 2.89. The van der Waals surface area contributed by atoms with Gasteiger partial charge < -0.3 is 4.74 Å². The van der Waals surface area contributed by atoms with Crippen LogP contribution in [-0.4, -0.2) is 19.4 Å². The van der Waals surface area contributed by atoms with Crippen molar-refractivity contribution in [3.05, 3.63) is 69.0 Å². The van der Waals surface area contributed by atoms with Crippen molar-refractivity contribution in [2.45, 2.75) is 6.54 Å². The second-order valence-electron chi connectivity index (χ2n) is 6.08. The molecule has 1 aliphatic rings. The Labute approximate surface area is 170 Å². The molecular formula is C20H15Cl2N2O2S+. The maximum Gasteiger partial charge on any atom is 0.362 e. The van der Waals surface area contributed by atoms with E-state index in [0.717, 1.165) is 21.8 Å². The van der Waals surface area contributed by atoms with Crippen LogP contribution >= 0.6 is 34.5 Å². The number of nitrogens with zero attached hydrogens (tertiary/aromatic N) is 1. The standard InChI is InChI=1S/C20H14Cl2N2O2S/c1-26-15-6-3-12(4-7-15)18-9-17-19(27-18)20(25)24(11-23-17)10-13-2-5-14(21)8-16(13)22/h2-9,11H,10H2,1H3/p+1. The van der Waals surface area contributed by atoms with E-state index in [2.05, 4.69) is 4.99 Å². The molecule has 0 spiro atoms. The molecule has 1 aromatic heterocycles. The Kier molecular flexibility index (Phi) is 5.02. The highest BCUT2D eigenvalue weighted by Crippen LogP contribution is 2.37. The monoisotopic (exact) mass is 417 g/mol. The van der Waals surface area contributed by atoms with Gasteiger partial charge in [-0.3, -0.25) is 0 Å². The first kappa shape index (κ1) is 18.2. The minimum atomic E-state index is -0.00391. The summed E-state index contributed by atoms with van der Waals surface area (Å²) >= 11 is 13.6. The van der Waals surface area contributed by atoms with Crippen LogP contribution in [0.4, 0.5) is 5.69 Å². The number of carbonyl (C=O) groups is 1. The van der Waals surface area contributed by atoms with Gasteiger partial charge >= 0.3 is 5.91 Å². The third kappa shape index (κ3) is 3.64. The van der Waals surface area contributed by atoms with Gasteiger partial charge in [-0.15, -0.1) is 11.3 Å². The molecule has 0 saturated heterocycles. The minimum Gasteiger partial charge on any atom is -0.497 e. The van der Waals surface area contributed by atoms with E-state index < -0.39 is 0 Å². The number of halogens is 2. The topological polar surface area (TPSA) is 43.1 Å². The number of rotatable bonds is 4. The summed E-state index contributed by atoms with van der Waals surface area (Å²) in [5.41, 5.74) is 2.59. The lowest BCUT2D eigenvalue weighted by Crippen LogP contribution is -3.12. The van der Waals surface area contributed by atoms with Crippen LogP contribution in [0.3, 0.4) is 0 Å². The van der Waals surface area contributed by atoms with E-state index >= 15 is 0 Å². The number of carbonyl (C=O) groups excluding carboxylic acids is 1. The van der Waals surface area contributed by atoms with Crippen molar-refractivity contribution in [1.82, 2.24) is 0 Å². The first-order chi connectivity index (χ1) is 13.0. The van der Waals surface area contributed by atoms with E-state index in [4.69, 9.17) is 27.9 Å². The molecule has 2 aromatic carbocycles. The van der Waals surface area contributed by atoms with Gasteiger partial charge in [-0.2, -0.15) is 0 Å². The molecule has 27 heavy (non-hydrogen) atoms. The number of quaternary nitrogens is 1. The molecule has 136 valence electrons. The molecule has 2 heterocycles. The molecule has 0 saturated carbocycles. The number of hydrogen-bond donors (Lipinski definition) is 1. The Morgan fingerprint density at radius 3 is 2.59 bits per heavy atom. The van der Waals surface area contributed by atoms with Crippen molar-refractivity contribution in [1.29, 1.82) is 0 Å². The molecule has 1 aliphatic heterocycles. The van der Waals surface area contributed by atoms with E-state index in [1.165, 1.54) is 11.3 Å². The summed E-state index contributed by atoms with van der Waals surface area (Å²) in [5.74, 6) is 0.792. The number of thiophene rings is 1. The van der Waals surface area contributed by atoms with Crippen LogP contribution in [0, 0.1) is 0 Å². The number of benzene rings is 2. The molecule has 0 aliphatic carbocycles.